The molecule has 110 valence electrons. The lowest BCUT2D eigenvalue weighted by Crippen LogP contribution is -2.35. The van der Waals surface area contributed by atoms with E-state index in [1.54, 1.807) is 0 Å². The number of amides is 1. The minimum Gasteiger partial charge on any atom is -0.464 e. The largest absolute Gasteiger partial charge is 0.464 e. The van der Waals surface area contributed by atoms with Crippen molar-refractivity contribution >= 4 is 11.9 Å². The van der Waals surface area contributed by atoms with Crippen LogP contribution in [-0.2, 0) is 22.5 Å². The van der Waals surface area contributed by atoms with Crippen molar-refractivity contribution in [2.75, 3.05) is 7.11 Å². The Kier molecular flexibility index (Phi) is 4.70. The zero-order valence-electron chi connectivity index (χ0n) is 11.9. The van der Waals surface area contributed by atoms with Crippen molar-refractivity contribution in [2.24, 2.45) is 0 Å². The third kappa shape index (κ3) is 3.15. The minimum atomic E-state index is -0.524. The van der Waals surface area contributed by atoms with E-state index in [1.807, 2.05) is 6.92 Å². The molecule has 0 spiro atoms. The van der Waals surface area contributed by atoms with Crippen molar-refractivity contribution in [1.29, 1.82) is 0 Å². The van der Waals surface area contributed by atoms with Gasteiger partial charge in [-0.15, -0.1) is 5.10 Å². The van der Waals surface area contributed by atoms with Crippen LogP contribution in [0.15, 0.2) is 0 Å². The molecular formula is C13H20N4O3. The molecule has 0 aromatic carbocycles. The summed E-state index contributed by atoms with van der Waals surface area (Å²) in [5, 5.41) is 10.7. The number of esters is 1. The van der Waals surface area contributed by atoms with Crippen LogP contribution in [0.25, 0.3) is 0 Å². The van der Waals surface area contributed by atoms with Crippen LogP contribution in [0.1, 0.15) is 48.8 Å². The van der Waals surface area contributed by atoms with Gasteiger partial charge >= 0.3 is 5.97 Å². The molecular weight excluding hydrogens is 260 g/mol. The average molecular weight is 280 g/mol. The summed E-state index contributed by atoms with van der Waals surface area (Å²) in [5.74, 6) is -0.614. The van der Waals surface area contributed by atoms with Gasteiger partial charge in [-0.1, -0.05) is 25.0 Å². The lowest BCUT2D eigenvalue weighted by molar-refractivity contribution is -0.122. The highest BCUT2D eigenvalue weighted by atomic mass is 16.5. The van der Waals surface area contributed by atoms with Crippen LogP contribution in [0, 0.1) is 0 Å². The number of ether oxygens (including phenoxy) is 1. The minimum absolute atomic E-state index is 0.0870. The van der Waals surface area contributed by atoms with Crippen molar-refractivity contribution < 1.29 is 14.3 Å². The normalized spacial score (nSPS) is 15.3. The summed E-state index contributed by atoms with van der Waals surface area (Å²) in [6, 6.07) is 0.274. The van der Waals surface area contributed by atoms with Crippen molar-refractivity contribution in [1.82, 2.24) is 20.3 Å². The van der Waals surface area contributed by atoms with Gasteiger partial charge in [-0.2, -0.15) is 0 Å². The van der Waals surface area contributed by atoms with Crippen LogP contribution in [0.5, 0.6) is 0 Å². The Hall–Kier alpha value is -1.92. The maximum atomic E-state index is 12.0. The smallest absolute Gasteiger partial charge is 0.360 e. The molecule has 0 bridgehead atoms. The van der Waals surface area contributed by atoms with E-state index in [-0.39, 0.29) is 24.2 Å². The lowest BCUT2D eigenvalue weighted by Gasteiger charge is -2.12. The van der Waals surface area contributed by atoms with Crippen molar-refractivity contribution in [3.8, 4) is 0 Å². The number of rotatable bonds is 5. The summed E-state index contributed by atoms with van der Waals surface area (Å²) < 4.78 is 6.12. The molecule has 2 rings (SSSR count). The Morgan fingerprint density at radius 2 is 2.10 bits per heavy atom. The van der Waals surface area contributed by atoms with Crippen LogP contribution in [-0.4, -0.2) is 40.0 Å². The topological polar surface area (TPSA) is 86.1 Å². The number of hydrogen-bond donors (Lipinski definition) is 1. The molecule has 1 aliphatic rings. The maximum absolute atomic E-state index is 12.0. The van der Waals surface area contributed by atoms with Crippen molar-refractivity contribution in [3.63, 3.8) is 0 Å². The Bertz CT molecular complexity index is 492. The van der Waals surface area contributed by atoms with Crippen LogP contribution in [0.3, 0.4) is 0 Å². The summed E-state index contributed by atoms with van der Waals surface area (Å²) in [7, 11) is 1.30. The number of methoxy groups -OCH3 is 1. The molecule has 0 unspecified atom stereocenters. The first-order valence-corrected chi connectivity index (χ1v) is 6.95. The van der Waals surface area contributed by atoms with Gasteiger partial charge in [0.1, 0.15) is 6.54 Å². The predicted molar refractivity (Wildman–Crippen MR) is 71.1 cm³/mol. The first-order chi connectivity index (χ1) is 9.65. The van der Waals surface area contributed by atoms with Crippen LogP contribution in [0.4, 0.5) is 0 Å². The second kappa shape index (κ2) is 6.49. The number of aromatic nitrogens is 3. The van der Waals surface area contributed by atoms with Gasteiger partial charge in [-0.05, 0) is 19.3 Å². The van der Waals surface area contributed by atoms with E-state index in [0.29, 0.717) is 12.1 Å². The number of nitrogens with one attached hydrogen (secondary N) is 1. The molecule has 7 nitrogen and oxygen atoms in total. The van der Waals surface area contributed by atoms with E-state index in [2.05, 4.69) is 20.4 Å². The van der Waals surface area contributed by atoms with Gasteiger partial charge in [-0.25, -0.2) is 9.48 Å². The molecule has 7 heteroatoms. The summed E-state index contributed by atoms with van der Waals surface area (Å²) in [6.07, 6.45) is 4.98. The van der Waals surface area contributed by atoms with Gasteiger partial charge in [0.05, 0.1) is 12.8 Å². The summed E-state index contributed by atoms with van der Waals surface area (Å²) in [6.45, 7) is 1.97. The predicted octanol–water partition coefficient (Wildman–Crippen LogP) is 0.686. The van der Waals surface area contributed by atoms with Crippen LogP contribution >= 0.6 is 0 Å². The zero-order chi connectivity index (χ0) is 14.5. The molecule has 1 saturated carbocycles. The first-order valence-electron chi connectivity index (χ1n) is 6.95. The molecule has 0 atom stereocenters. The molecule has 1 heterocycles. The zero-order valence-corrected chi connectivity index (χ0v) is 11.9. The third-order valence-electron chi connectivity index (χ3n) is 3.56. The number of nitrogens with zero attached hydrogens (tertiary/aromatic N) is 3. The molecule has 1 amide bonds. The fourth-order valence-electron chi connectivity index (χ4n) is 2.54. The van der Waals surface area contributed by atoms with E-state index in [0.717, 1.165) is 12.8 Å². The van der Waals surface area contributed by atoms with Crippen LogP contribution in [0.2, 0.25) is 0 Å². The van der Waals surface area contributed by atoms with Crippen molar-refractivity contribution in [3.05, 3.63) is 11.4 Å². The van der Waals surface area contributed by atoms with E-state index in [9.17, 15) is 9.59 Å². The third-order valence-corrected chi connectivity index (χ3v) is 3.56. The van der Waals surface area contributed by atoms with Gasteiger partial charge in [0.2, 0.25) is 5.91 Å². The van der Waals surface area contributed by atoms with Gasteiger partial charge in [0, 0.05) is 6.04 Å². The van der Waals surface area contributed by atoms with Gasteiger partial charge in [-0.3, -0.25) is 4.79 Å². The summed E-state index contributed by atoms with van der Waals surface area (Å²) in [4.78, 5) is 23.5. The molecule has 1 fully saturated rings. The van der Waals surface area contributed by atoms with E-state index in [1.165, 1.54) is 24.6 Å². The SMILES string of the molecule is CCc1c(C(=O)OC)nnn1CC(=O)NC1CCCC1. The Labute approximate surface area is 117 Å². The van der Waals surface area contributed by atoms with Gasteiger partial charge < -0.3 is 10.1 Å². The fraction of sp³-hybridized carbons (Fsp3) is 0.692. The van der Waals surface area contributed by atoms with Crippen LogP contribution < -0.4 is 5.32 Å². The molecule has 0 radical (unpaired) electrons. The second-order valence-corrected chi connectivity index (χ2v) is 4.94. The summed E-state index contributed by atoms with van der Waals surface area (Å²) >= 11 is 0. The van der Waals surface area contributed by atoms with E-state index in [4.69, 9.17) is 0 Å². The first kappa shape index (κ1) is 14.5. The van der Waals surface area contributed by atoms with E-state index >= 15 is 0 Å². The summed E-state index contributed by atoms with van der Waals surface area (Å²) in [5.41, 5.74) is 0.807. The van der Waals surface area contributed by atoms with Crippen molar-refractivity contribution in [2.45, 2.75) is 51.6 Å². The molecule has 1 aliphatic carbocycles. The molecule has 1 aromatic rings. The fourth-order valence-corrected chi connectivity index (χ4v) is 2.54. The molecule has 20 heavy (non-hydrogen) atoms. The van der Waals surface area contributed by atoms with Gasteiger partial charge in [0.15, 0.2) is 5.69 Å². The highest BCUT2D eigenvalue weighted by Crippen LogP contribution is 2.17. The second-order valence-electron chi connectivity index (χ2n) is 4.94. The number of carbonyl (C=O) groups excluding carboxylic acids is 2. The van der Waals surface area contributed by atoms with Gasteiger partial charge in [0.25, 0.3) is 0 Å². The number of hydrogen-bond acceptors (Lipinski definition) is 5. The molecule has 1 aromatic heterocycles. The molecule has 0 saturated heterocycles. The Morgan fingerprint density at radius 3 is 2.70 bits per heavy atom. The number of carbonyl (C=O) groups is 2. The quantitative estimate of drug-likeness (QED) is 0.802. The lowest BCUT2D eigenvalue weighted by atomic mass is 10.2. The monoisotopic (exact) mass is 280 g/mol. The Balaban J connectivity index is 2.03. The molecule has 0 aliphatic heterocycles. The standard InChI is InChI=1S/C13H20N4O3/c1-3-10-12(13(19)20-2)15-16-17(10)8-11(18)14-9-6-4-5-7-9/h9H,3-8H2,1-2H3,(H,14,18). The highest BCUT2D eigenvalue weighted by molar-refractivity contribution is 5.88. The average Bonchev–Trinajstić information content (AvgIpc) is 3.07. The maximum Gasteiger partial charge on any atom is 0.360 e. The van der Waals surface area contributed by atoms with E-state index < -0.39 is 5.97 Å². The highest BCUT2D eigenvalue weighted by Gasteiger charge is 2.22. The Morgan fingerprint density at radius 1 is 1.40 bits per heavy atom. The molecule has 1 N–H and O–H groups in total.